The molecule has 3 N–H and O–H groups in total. The van der Waals surface area contributed by atoms with E-state index in [1.807, 2.05) is 0 Å². The molecule has 0 spiro atoms. The lowest BCUT2D eigenvalue weighted by Crippen LogP contribution is -2.42. The maximum Gasteiger partial charge on any atom is 0.311 e. The molecular formula is C15H21NO5. The number of aliphatic carboxylic acids is 1. The lowest BCUT2D eigenvalue weighted by Gasteiger charge is -2.26. The average Bonchev–Trinajstić information content (AvgIpc) is 2.48. The highest BCUT2D eigenvalue weighted by molar-refractivity contribution is 5.97. The van der Waals surface area contributed by atoms with E-state index in [0.717, 1.165) is 0 Å². The normalized spacial score (nSPS) is 11.0. The number of phenols is 1. The molecule has 0 heterocycles. The number of phenolic OH excluding ortho intramolecular Hbond substituents is 1. The van der Waals surface area contributed by atoms with Gasteiger partial charge in [-0.15, -0.1) is 0 Å². The van der Waals surface area contributed by atoms with E-state index in [-0.39, 0.29) is 17.9 Å². The lowest BCUT2D eigenvalue weighted by atomic mass is 9.82. The highest BCUT2D eigenvalue weighted by atomic mass is 16.5. The van der Waals surface area contributed by atoms with Crippen LogP contribution in [0.4, 0.5) is 0 Å². The predicted molar refractivity (Wildman–Crippen MR) is 77.6 cm³/mol. The first kappa shape index (κ1) is 16.8. The maximum atomic E-state index is 12.1. The molecule has 0 saturated heterocycles. The summed E-state index contributed by atoms with van der Waals surface area (Å²) >= 11 is 0. The Morgan fingerprint density at radius 2 is 1.90 bits per heavy atom. The number of carboxylic acid groups (broad SMARTS) is 1. The monoisotopic (exact) mass is 295 g/mol. The molecule has 1 amide bonds. The van der Waals surface area contributed by atoms with Crippen LogP contribution >= 0.6 is 0 Å². The molecule has 21 heavy (non-hydrogen) atoms. The molecule has 6 heteroatoms. The van der Waals surface area contributed by atoms with Crippen molar-refractivity contribution >= 4 is 11.9 Å². The molecule has 0 aliphatic carbocycles. The number of ether oxygens (including phenoxy) is 1. The Bertz CT molecular complexity index is 523. The fraction of sp³-hybridized carbons (Fsp3) is 0.467. The summed E-state index contributed by atoms with van der Waals surface area (Å²) in [6.45, 7) is 3.56. The van der Waals surface area contributed by atoms with Crippen LogP contribution in [-0.2, 0) is 4.79 Å². The van der Waals surface area contributed by atoms with Gasteiger partial charge in [0.15, 0.2) is 0 Å². The third-order valence-corrected chi connectivity index (χ3v) is 3.84. The largest absolute Gasteiger partial charge is 0.507 e. The van der Waals surface area contributed by atoms with Gasteiger partial charge < -0.3 is 20.3 Å². The van der Waals surface area contributed by atoms with Gasteiger partial charge in [-0.3, -0.25) is 9.59 Å². The molecule has 1 aromatic rings. The molecule has 1 aromatic carbocycles. The van der Waals surface area contributed by atoms with Crippen molar-refractivity contribution in [3.63, 3.8) is 0 Å². The molecule has 0 aliphatic rings. The summed E-state index contributed by atoms with van der Waals surface area (Å²) in [5.41, 5.74) is -0.903. The SMILES string of the molecule is CCC(CC)(CNC(=O)c1ccc(OC)cc1O)C(=O)O. The van der Waals surface area contributed by atoms with Gasteiger partial charge in [0.25, 0.3) is 5.91 Å². The number of carbonyl (C=O) groups excluding carboxylic acids is 1. The van der Waals surface area contributed by atoms with Gasteiger partial charge in [-0.1, -0.05) is 13.8 Å². The van der Waals surface area contributed by atoms with Gasteiger partial charge in [-0.05, 0) is 25.0 Å². The van der Waals surface area contributed by atoms with E-state index < -0.39 is 17.3 Å². The standard InChI is InChI=1S/C15H21NO5/c1-4-15(5-2,14(19)20)9-16-13(18)11-7-6-10(21-3)8-12(11)17/h6-8,17H,4-5,9H2,1-3H3,(H,16,18)(H,19,20). The fourth-order valence-corrected chi connectivity index (χ4v) is 2.05. The summed E-state index contributed by atoms with van der Waals surface area (Å²) in [6.07, 6.45) is 0.821. The number of aromatic hydroxyl groups is 1. The van der Waals surface area contributed by atoms with Crippen LogP contribution in [0.3, 0.4) is 0 Å². The second-order valence-electron chi connectivity index (χ2n) is 4.86. The number of carbonyl (C=O) groups is 2. The van der Waals surface area contributed by atoms with Crippen molar-refractivity contribution in [2.24, 2.45) is 5.41 Å². The summed E-state index contributed by atoms with van der Waals surface area (Å²) in [5.74, 6) is -1.22. The number of hydrogen-bond acceptors (Lipinski definition) is 4. The maximum absolute atomic E-state index is 12.1. The van der Waals surface area contributed by atoms with E-state index in [1.165, 1.54) is 19.2 Å². The summed E-state index contributed by atoms with van der Waals surface area (Å²) in [5, 5.41) is 21.7. The molecule has 0 fully saturated rings. The molecule has 0 radical (unpaired) electrons. The van der Waals surface area contributed by atoms with Crippen molar-refractivity contribution in [3.8, 4) is 11.5 Å². The van der Waals surface area contributed by atoms with Gasteiger partial charge in [-0.25, -0.2) is 0 Å². The minimum absolute atomic E-state index is 0.0135. The zero-order valence-electron chi connectivity index (χ0n) is 12.5. The Morgan fingerprint density at radius 1 is 1.29 bits per heavy atom. The van der Waals surface area contributed by atoms with Gasteiger partial charge in [0.2, 0.25) is 0 Å². The van der Waals surface area contributed by atoms with Crippen LogP contribution < -0.4 is 10.1 Å². The fourth-order valence-electron chi connectivity index (χ4n) is 2.05. The molecule has 0 aliphatic heterocycles. The van der Waals surface area contributed by atoms with Crippen LogP contribution in [0.5, 0.6) is 11.5 Å². The first-order chi connectivity index (χ1) is 9.90. The second-order valence-corrected chi connectivity index (χ2v) is 4.86. The predicted octanol–water partition coefficient (Wildman–Crippen LogP) is 2.02. The van der Waals surface area contributed by atoms with Crippen molar-refractivity contribution in [1.82, 2.24) is 5.32 Å². The van der Waals surface area contributed by atoms with Gasteiger partial charge in [0.1, 0.15) is 11.5 Å². The number of amides is 1. The number of nitrogens with one attached hydrogen (secondary N) is 1. The van der Waals surface area contributed by atoms with E-state index in [1.54, 1.807) is 19.9 Å². The van der Waals surface area contributed by atoms with Crippen LogP contribution in [0.1, 0.15) is 37.0 Å². The summed E-state index contributed by atoms with van der Waals surface area (Å²) in [4.78, 5) is 23.4. The molecule has 0 unspecified atom stereocenters. The molecule has 0 aromatic heterocycles. The average molecular weight is 295 g/mol. The Labute approximate surface area is 123 Å². The van der Waals surface area contributed by atoms with Gasteiger partial charge in [0, 0.05) is 12.6 Å². The highest BCUT2D eigenvalue weighted by Gasteiger charge is 2.35. The van der Waals surface area contributed by atoms with Crippen molar-refractivity contribution in [1.29, 1.82) is 0 Å². The van der Waals surface area contributed by atoms with Gasteiger partial charge in [0.05, 0.1) is 18.1 Å². The van der Waals surface area contributed by atoms with E-state index in [2.05, 4.69) is 5.32 Å². The number of hydrogen-bond donors (Lipinski definition) is 3. The van der Waals surface area contributed by atoms with Crippen molar-refractivity contribution in [2.45, 2.75) is 26.7 Å². The topological polar surface area (TPSA) is 95.9 Å². The van der Waals surface area contributed by atoms with Crippen molar-refractivity contribution in [2.75, 3.05) is 13.7 Å². The Morgan fingerprint density at radius 3 is 2.33 bits per heavy atom. The molecule has 6 nitrogen and oxygen atoms in total. The zero-order valence-corrected chi connectivity index (χ0v) is 12.5. The minimum atomic E-state index is -0.988. The van der Waals surface area contributed by atoms with Crippen LogP contribution in [-0.4, -0.2) is 35.7 Å². The van der Waals surface area contributed by atoms with E-state index in [4.69, 9.17) is 4.74 Å². The summed E-state index contributed by atoms with van der Waals surface area (Å²) in [6, 6.07) is 4.32. The van der Waals surface area contributed by atoms with Crippen LogP contribution in [0.2, 0.25) is 0 Å². The number of methoxy groups -OCH3 is 1. The number of rotatable bonds is 7. The molecule has 1 rings (SSSR count). The Hall–Kier alpha value is -2.24. The summed E-state index contributed by atoms with van der Waals surface area (Å²) in [7, 11) is 1.46. The Balaban J connectivity index is 2.84. The quantitative estimate of drug-likeness (QED) is 0.715. The second kappa shape index (κ2) is 6.97. The molecule has 116 valence electrons. The van der Waals surface area contributed by atoms with E-state index >= 15 is 0 Å². The zero-order chi connectivity index (χ0) is 16.0. The first-order valence-corrected chi connectivity index (χ1v) is 6.78. The lowest BCUT2D eigenvalue weighted by molar-refractivity contribution is -0.149. The third-order valence-electron chi connectivity index (χ3n) is 3.84. The molecule has 0 bridgehead atoms. The van der Waals surface area contributed by atoms with Gasteiger partial charge >= 0.3 is 5.97 Å². The summed E-state index contributed by atoms with van der Waals surface area (Å²) < 4.78 is 4.94. The van der Waals surface area contributed by atoms with Crippen LogP contribution in [0.15, 0.2) is 18.2 Å². The molecule has 0 atom stereocenters. The van der Waals surface area contributed by atoms with Gasteiger partial charge in [-0.2, -0.15) is 0 Å². The smallest absolute Gasteiger partial charge is 0.311 e. The highest BCUT2D eigenvalue weighted by Crippen LogP contribution is 2.27. The Kier molecular flexibility index (Phi) is 5.58. The van der Waals surface area contributed by atoms with E-state index in [9.17, 15) is 19.8 Å². The first-order valence-electron chi connectivity index (χ1n) is 6.78. The third kappa shape index (κ3) is 3.65. The van der Waals surface area contributed by atoms with E-state index in [0.29, 0.717) is 18.6 Å². The van der Waals surface area contributed by atoms with Crippen molar-refractivity contribution in [3.05, 3.63) is 23.8 Å². The molecular weight excluding hydrogens is 274 g/mol. The van der Waals surface area contributed by atoms with Crippen LogP contribution in [0.25, 0.3) is 0 Å². The number of benzene rings is 1. The molecule has 0 saturated carbocycles. The minimum Gasteiger partial charge on any atom is -0.507 e. The number of carboxylic acids is 1. The van der Waals surface area contributed by atoms with Crippen molar-refractivity contribution < 1.29 is 24.5 Å². The van der Waals surface area contributed by atoms with Crippen LogP contribution in [0, 0.1) is 5.41 Å².